The van der Waals surface area contributed by atoms with Crippen LogP contribution in [0.5, 0.6) is 0 Å². The van der Waals surface area contributed by atoms with E-state index in [4.69, 9.17) is 9.47 Å². The van der Waals surface area contributed by atoms with Crippen molar-refractivity contribution >= 4 is 23.5 Å². The number of carbonyl (C=O) groups excluding carboxylic acids is 2. The van der Waals surface area contributed by atoms with E-state index >= 15 is 0 Å². The van der Waals surface area contributed by atoms with Crippen molar-refractivity contribution < 1.29 is 19.1 Å². The van der Waals surface area contributed by atoms with Crippen LogP contribution in [0.25, 0.3) is 0 Å². The molecule has 3 amide bonds. The number of hydrogen-bond donors (Lipinski definition) is 2. The van der Waals surface area contributed by atoms with Gasteiger partial charge in [0.15, 0.2) is 0 Å². The number of hydrogen-bond acceptors (Lipinski definition) is 4. The fraction of sp³-hybridized carbons (Fsp3) is 0.429. The van der Waals surface area contributed by atoms with Crippen LogP contribution in [0.4, 0.5) is 21.0 Å². The summed E-state index contributed by atoms with van der Waals surface area (Å²) in [5.74, 6) is 0. The van der Waals surface area contributed by atoms with E-state index in [-0.39, 0.29) is 6.03 Å². The van der Waals surface area contributed by atoms with E-state index in [2.05, 4.69) is 10.6 Å². The standard InChI is InChI=1S/C14H19N3O4/c1-2-21-14(19)16-12-5-3-11(4-6-12)15-13(18)17-7-9-20-10-8-17/h3-6H,2,7-10H2,1H3,(H,15,18)(H,16,19). The first-order valence-corrected chi connectivity index (χ1v) is 6.86. The van der Waals surface area contributed by atoms with Gasteiger partial charge in [0.1, 0.15) is 0 Å². The van der Waals surface area contributed by atoms with Gasteiger partial charge in [0.05, 0.1) is 19.8 Å². The molecular weight excluding hydrogens is 274 g/mol. The summed E-state index contributed by atoms with van der Waals surface area (Å²) < 4.78 is 9.98. The first-order valence-electron chi connectivity index (χ1n) is 6.86. The molecule has 2 rings (SSSR count). The Morgan fingerprint density at radius 2 is 1.71 bits per heavy atom. The van der Waals surface area contributed by atoms with Gasteiger partial charge < -0.3 is 19.7 Å². The second kappa shape index (κ2) is 7.49. The smallest absolute Gasteiger partial charge is 0.411 e. The normalized spacial score (nSPS) is 14.4. The number of amides is 3. The Balaban J connectivity index is 1.86. The van der Waals surface area contributed by atoms with Gasteiger partial charge in [0.2, 0.25) is 0 Å². The first kappa shape index (κ1) is 15.1. The molecule has 2 N–H and O–H groups in total. The van der Waals surface area contributed by atoms with Crippen LogP contribution in [0, 0.1) is 0 Å². The van der Waals surface area contributed by atoms with E-state index in [1.54, 1.807) is 36.1 Å². The average Bonchev–Trinajstić information content (AvgIpc) is 2.50. The highest BCUT2D eigenvalue weighted by molar-refractivity contribution is 5.90. The third-order valence-electron chi connectivity index (χ3n) is 2.96. The summed E-state index contributed by atoms with van der Waals surface area (Å²) in [6.07, 6.45) is -0.498. The second-order valence-corrected chi connectivity index (χ2v) is 4.45. The van der Waals surface area contributed by atoms with Gasteiger partial charge >= 0.3 is 12.1 Å². The minimum Gasteiger partial charge on any atom is -0.450 e. The summed E-state index contributed by atoms with van der Waals surface area (Å²) in [6.45, 7) is 4.37. The lowest BCUT2D eigenvalue weighted by molar-refractivity contribution is 0.0564. The zero-order valence-electron chi connectivity index (χ0n) is 11.9. The molecule has 0 bridgehead atoms. The summed E-state index contributed by atoms with van der Waals surface area (Å²) in [4.78, 5) is 24.9. The molecule has 0 spiro atoms. The fourth-order valence-corrected chi connectivity index (χ4v) is 1.89. The summed E-state index contributed by atoms with van der Waals surface area (Å²) in [7, 11) is 0. The van der Waals surface area contributed by atoms with Crippen LogP contribution in [0.2, 0.25) is 0 Å². The lowest BCUT2D eigenvalue weighted by Gasteiger charge is -2.26. The third kappa shape index (κ3) is 4.64. The number of anilines is 2. The molecule has 0 atom stereocenters. The number of nitrogens with zero attached hydrogens (tertiary/aromatic N) is 1. The van der Waals surface area contributed by atoms with Crippen molar-refractivity contribution in [3.8, 4) is 0 Å². The highest BCUT2D eigenvalue weighted by Gasteiger charge is 2.16. The Hall–Kier alpha value is -2.28. The molecule has 21 heavy (non-hydrogen) atoms. The zero-order chi connectivity index (χ0) is 15.1. The molecule has 1 aromatic carbocycles. The molecule has 1 aliphatic heterocycles. The maximum atomic E-state index is 12.0. The van der Waals surface area contributed by atoms with Crippen molar-refractivity contribution in [2.75, 3.05) is 43.5 Å². The largest absolute Gasteiger partial charge is 0.450 e. The van der Waals surface area contributed by atoms with Crippen LogP contribution >= 0.6 is 0 Å². The average molecular weight is 293 g/mol. The number of ether oxygens (including phenoxy) is 2. The molecule has 114 valence electrons. The Morgan fingerprint density at radius 1 is 1.14 bits per heavy atom. The molecule has 7 heteroatoms. The lowest BCUT2D eigenvalue weighted by Crippen LogP contribution is -2.43. The van der Waals surface area contributed by atoms with Gasteiger partial charge in [0, 0.05) is 24.5 Å². The molecular formula is C14H19N3O4. The summed E-state index contributed by atoms with van der Waals surface area (Å²) >= 11 is 0. The van der Waals surface area contributed by atoms with Crippen LogP contribution in [0.15, 0.2) is 24.3 Å². The van der Waals surface area contributed by atoms with Gasteiger partial charge in [-0.25, -0.2) is 9.59 Å². The molecule has 0 saturated carbocycles. The molecule has 7 nitrogen and oxygen atoms in total. The summed E-state index contributed by atoms with van der Waals surface area (Å²) in [5, 5.41) is 5.39. The fourth-order valence-electron chi connectivity index (χ4n) is 1.89. The van der Waals surface area contributed by atoms with Gasteiger partial charge in [-0.15, -0.1) is 0 Å². The van der Waals surface area contributed by atoms with E-state index in [9.17, 15) is 9.59 Å². The Labute approximate surface area is 123 Å². The number of nitrogens with one attached hydrogen (secondary N) is 2. The van der Waals surface area contributed by atoms with E-state index < -0.39 is 6.09 Å². The molecule has 1 aromatic rings. The van der Waals surface area contributed by atoms with Crippen molar-refractivity contribution in [2.24, 2.45) is 0 Å². The minimum absolute atomic E-state index is 0.149. The monoisotopic (exact) mass is 293 g/mol. The number of morpholine rings is 1. The van der Waals surface area contributed by atoms with Crippen molar-refractivity contribution in [1.29, 1.82) is 0 Å². The zero-order valence-corrected chi connectivity index (χ0v) is 11.9. The van der Waals surface area contributed by atoms with Gasteiger partial charge in [-0.2, -0.15) is 0 Å². The van der Waals surface area contributed by atoms with Crippen LogP contribution in [0.1, 0.15) is 6.92 Å². The van der Waals surface area contributed by atoms with Crippen molar-refractivity contribution in [2.45, 2.75) is 6.92 Å². The number of urea groups is 1. The van der Waals surface area contributed by atoms with Gasteiger partial charge in [-0.1, -0.05) is 0 Å². The summed E-state index contributed by atoms with van der Waals surface area (Å²) in [5.41, 5.74) is 1.28. The highest BCUT2D eigenvalue weighted by Crippen LogP contribution is 2.14. The molecule has 0 aliphatic carbocycles. The molecule has 0 unspecified atom stereocenters. The first-order chi connectivity index (χ1) is 10.2. The van der Waals surface area contributed by atoms with Crippen LogP contribution in [-0.2, 0) is 9.47 Å². The Kier molecular flexibility index (Phi) is 5.39. The Morgan fingerprint density at radius 3 is 2.29 bits per heavy atom. The number of carbonyl (C=O) groups is 2. The molecule has 0 radical (unpaired) electrons. The Bertz CT molecular complexity index is 483. The minimum atomic E-state index is -0.498. The van der Waals surface area contributed by atoms with Crippen molar-refractivity contribution in [3.05, 3.63) is 24.3 Å². The van der Waals surface area contributed by atoms with Crippen LogP contribution in [0.3, 0.4) is 0 Å². The molecule has 1 fully saturated rings. The quantitative estimate of drug-likeness (QED) is 0.894. The van der Waals surface area contributed by atoms with Crippen LogP contribution < -0.4 is 10.6 Å². The van der Waals surface area contributed by atoms with Crippen LogP contribution in [-0.4, -0.2) is 49.9 Å². The maximum absolute atomic E-state index is 12.0. The molecule has 0 aromatic heterocycles. The second-order valence-electron chi connectivity index (χ2n) is 4.45. The highest BCUT2D eigenvalue weighted by atomic mass is 16.5. The van der Waals surface area contributed by atoms with E-state index in [0.717, 1.165) is 0 Å². The number of rotatable bonds is 3. The summed E-state index contributed by atoms with van der Waals surface area (Å²) in [6, 6.07) is 6.70. The third-order valence-corrected chi connectivity index (χ3v) is 2.96. The van der Waals surface area contributed by atoms with Crippen molar-refractivity contribution in [1.82, 2.24) is 4.90 Å². The number of benzene rings is 1. The molecule has 1 saturated heterocycles. The predicted octanol–water partition coefficient (Wildman–Crippen LogP) is 2.12. The topological polar surface area (TPSA) is 79.9 Å². The van der Waals surface area contributed by atoms with E-state index in [1.807, 2.05) is 0 Å². The SMILES string of the molecule is CCOC(=O)Nc1ccc(NC(=O)N2CCOCC2)cc1. The van der Waals surface area contributed by atoms with Gasteiger partial charge in [-0.05, 0) is 31.2 Å². The molecule has 1 aliphatic rings. The maximum Gasteiger partial charge on any atom is 0.411 e. The van der Waals surface area contributed by atoms with Gasteiger partial charge in [-0.3, -0.25) is 5.32 Å². The predicted molar refractivity (Wildman–Crippen MR) is 78.5 cm³/mol. The molecule has 1 heterocycles. The van der Waals surface area contributed by atoms with Gasteiger partial charge in [0.25, 0.3) is 0 Å². The van der Waals surface area contributed by atoms with E-state index in [0.29, 0.717) is 44.3 Å². The van der Waals surface area contributed by atoms with E-state index in [1.165, 1.54) is 0 Å². The lowest BCUT2D eigenvalue weighted by atomic mass is 10.3. The van der Waals surface area contributed by atoms with Crippen molar-refractivity contribution in [3.63, 3.8) is 0 Å².